The Bertz CT molecular complexity index is 747. The van der Waals surface area contributed by atoms with Gasteiger partial charge in [-0.3, -0.25) is 4.79 Å². The molecule has 5 heteroatoms. The zero-order valence-corrected chi connectivity index (χ0v) is 11.4. The second-order valence-electron chi connectivity index (χ2n) is 5.77. The van der Waals surface area contributed by atoms with Crippen molar-refractivity contribution >= 4 is 5.78 Å². The van der Waals surface area contributed by atoms with Gasteiger partial charge in [0, 0.05) is 18.4 Å². The van der Waals surface area contributed by atoms with Crippen LogP contribution in [0.3, 0.4) is 0 Å². The molecule has 0 spiro atoms. The number of rotatable bonds is 2. The maximum atomic E-state index is 13.5. The van der Waals surface area contributed by atoms with E-state index in [9.17, 15) is 13.6 Å². The van der Waals surface area contributed by atoms with Gasteiger partial charge in [-0.2, -0.15) is 5.10 Å². The van der Waals surface area contributed by atoms with E-state index in [0.717, 1.165) is 54.8 Å². The van der Waals surface area contributed by atoms with Crippen molar-refractivity contribution in [2.45, 2.75) is 38.0 Å². The van der Waals surface area contributed by atoms with Crippen LogP contribution in [0.15, 0.2) is 18.2 Å². The molecule has 1 aromatic carbocycles. The summed E-state index contributed by atoms with van der Waals surface area (Å²) in [4.78, 5) is 12.2. The van der Waals surface area contributed by atoms with Crippen LogP contribution in [0.1, 0.15) is 53.3 Å². The zero-order valence-electron chi connectivity index (χ0n) is 11.4. The number of carbonyl (C=O) groups excluding carboxylic acids is 1. The Morgan fingerprint density at radius 3 is 2.67 bits per heavy atom. The molecule has 1 aromatic heterocycles. The largest absolute Gasteiger partial charge is 0.294 e. The number of nitrogens with zero attached hydrogens (tertiary/aromatic N) is 2. The van der Waals surface area contributed by atoms with E-state index in [1.54, 1.807) is 4.68 Å². The third kappa shape index (κ3) is 1.99. The first kappa shape index (κ1) is 12.7. The van der Waals surface area contributed by atoms with Crippen molar-refractivity contribution in [2.75, 3.05) is 0 Å². The number of aromatic nitrogens is 2. The molecule has 3 nitrogen and oxygen atoms in total. The number of fused-ring (bicyclic) bond motifs is 1. The molecule has 4 rings (SSSR count). The lowest BCUT2D eigenvalue weighted by molar-refractivity contribution is 0.0971. The molecule has 2 aliphatic rings. The van der Waals surface area contributed by atoms with E-state index < -0.39 is 11.6 Å². The van der Waals surface area contributed by atoms with Gasteiger partial charge in [-0.1, -0.05) is 0 Å². The average Bonchev–Trinajstić information content (AvgIpc) is 3.23. The minimum Gasteiger partial charge on any atom is -0.294 e. The smallest absolute Gasteiger partial charge is 0.166 e. The zero-order chi connectivity index (χ0) is 14.6. The Hall–Kier alpha value is -2.04. The van der Waals surface area contributed by atoms with Crippen molar-refractivity contribution in [3.8, 4) is 5.69 Å². The molecule has 0 unspecified atom stereocenters. The number of hydrogen-bond acceptors (Lipinski definition) is 2. The molecule has 0 atom stereocenters. The third-order valence-corrected chi connectivity index (χ3v) is 4.22. The fourth-order valence-corrected chi connectivity index (χ4v) is 3.02. The van der Waals surface area contributed by atoms with Crippen molar-refractivity contribution < 1.29 is 13.6 Å². The molecule has 21 heavy (non-hydrogen) atoms. The number of benzene rings is 1. The first-order valence-corrected chi connectivity index (χ1v) is 7.25. The summed E-state index contributed by atoms with van der Waals surface area (Å²) in [6.07, 6.45) is 4.18. The van der Waals surface area contributed by atoms with Gasteiger partial charge in [0.1, 0.15) is 0 Å². The van der Waals surface area contributed by atoms with Crippen molar-refractivity contribution in [2.24, 2.45) is 0 Å². The number of ketones is 1. The molecule has 0 bridgehead atoms. The summed E-state index contributed by atoms with van der Waals surface area (Å²) in [7, 11) is 0. The Balaban J connectivity index is 1.90. The van der Waals surface area contributed by atoms with Crippen LogP contribution in [0.2, 0.25) is 0 Å². The summed E-state index contributed by atoms with van der Waals surface area (Å²) in [5, 5.41) is 4.55. The van der Waals surface area contributed by atoms with Gasteiger partial charge in [0.25, 0.3) is 0 Å². The van der Waals surface area contributed by atoms with Gasteiger partial charge < -0.3 is 0 Å². The minimum atomic E-state index is -0.896. The lowest BCUT2D eigenvalue weighted by Gasteiger charge is -2.13. The second kappa shape index (κ2) is 4.48. The first-order valence-electron chi connectivity index (χ1n) is 7.25. The predicted octanol–water partition coefficient (Wildman–Crippen LogP) is 3.55. The van der Waals surface area contributed by atoms with Gasteiger partial charge in [0.05, 0.1) is 22.6 Å². The quantitative estimate of drug-likeness (QED) is 0.847. The minimum absolute atomic E-state index is 0.131. The fraction of sp³-hybridized carbons (Fsp3) is 0.375. The highest BCUT2D eigenvalue weighted by molar-refractivity contribution is 5.99. The summed E-state index contributed by atoms with van der Waals surface area (Å²) in [6.45, 7) is 0. The van der Waals surface area contributed by atoms with Crippen LogP contribution in [0.4, 0.5) is 8.78 Å². The molecular formula is C16H14F2N2O. The maximum absolute atomic E-state index is 13.5. The van der Waals surface area contributed by atoms with Gasteiger partial charge in [-0.25, -0.2) is 13.5 Å². The van der Waals surface area contributed by atoms with E-state index in [0.29, 0.717) is 18.0 Å². The van der Waals surface area contributed by atoms with E-state index in [4.69, 9.17) is 0 Å². The summed E-state index contributed by atoms with van der Waals surface area (Å²) < 4.78 is 28.2. The molecule has 2 aromatic rings. The van der Waals surface area contributed by atoms with Crippen LogP contribution in [0, 0.1) is 11.6 Å². The topological polar surface area (TPSA) is 34.9 Å². The Morgan fingerprint density at radius 2 is 1.95 bits per heavy atom. The maximum Gasteiger partial charge on any atom is 0.166 e. The molecule has 0 aliphatic heterocycles. The monoisotopic (exact) mass is 288 g/mol. The van der Waals surface area contributed by atoms with E-state index in [1.807, 2.05) is 0 Å². The van der Waals surface area contributed by atoms with Crippen LogP contribution in [-0.4, -0.2) is 15.6 Å². The normalized spacial score (nSPS) is 17.9. The standard InChI is InChI=1S/C16H14F2N2O/c17-11-7-6-10(8-12(11)18)20-13-2-1-3-14(21)15(13)16(19-20)9-4-5-9/h6-9H,1-5H2. The van der Waals surface area contributed by atoms with Crippen molar-refractivity contribution in [3.63, 3.8) is 0 Å². The Kier molecular flexibility index (Phi) is 2.71. The van der Waals surface area contributed by atoms with Gasteiger partial charge >= 0.3 is 0 Å². The predicted molar refractivity (Wildman–Crippen MR) is 72.7 cm³/mol. The number of halogens is 2. The van der Waals surface area contributed by atoms with Crippen LogP contribution in [0.25, 0.3) is 5.69 Å². The Morgan fingerprint density at radius 1 is 1.14 bits per heavy atom. The highest BCUT2D eigenvalue weighted by Gasteiger charge is 2.35. The van der Waals surface area contributed by atoms with Gasteiger partial charge in [0.2, 0.25) is 0 Å². The van der Waals surface area contributed by atoms with Crippen LogP contribution >= 0.6 is 0 Å². The van der Waals surface area contributed by atoms with E-state index in [2.05, 4.69) is 5.10 Å². The van der Waals surface area contributed by atoms with Gasteiger partial charge in [0.15, 0.2) is 17.4 Å². The molecule has 0 amide bonds. The van der Waals surface area contributed by atoms with Crippen molar-refractivity contribution in [1.29, 1.82) is 0 Å². The summed E-state index contributed by atoms with van der Waals surface area (Å²) >= 11 is 0. The lowest BCUT2D eigenvalue weighted by Crippen LogP contribution is -2.13. The van der Waals surface area contributed by atoms with E-state index in [1.165, 1.54) is 6.07 Å². The van der Waals surface area contributed by atoms with Gasteiger partial charge in [-0.15, -0.1) is 0 Å². The molecule has 1 saturated carbocycles. The summed E-state index contributed by atoms with van der Waals surface area (Å²) in [5.41, 5.74) is 2.90. The SMILES string of the molecule is O=C1CCCc2c1c(C1CC1)nn2-c1ccc(F)c(F)c1. The average molecular weight is 288 g/mol. The van der Waals surface area contributed by atoms with E-state index in [-0.39, 0.29) is 5.78 Å². The highest BCUT2D eigenvalue weighted by atomic mass is 19.2. The van der Waals surface area contributed by atoms with Crippen LogP contribution < -0.4 is 0 Å². The number of hydrogen-bond donors (Lipinski definition) is 0. The molecule has 0 N–H and O–H groups in total. The van der Waals surface area contributed by atoms with Gasteiger partial charge in [-0.05, 0) is 37.8 Å². The first-order chi connectivity index (χ1) is 10.1. The summed E-state index contributed by atoms with van der Waals surface area (Å²) in [5.74, 6) is -1.29. The third-order valence-electron chi connectivity index (χ3n) is 4.22. The molecular weight excluding hydrogens is 274 g/mol. The molecule has 2 aliphatic carbocycles. The Labute approximate surface area is 120 Å². The molecule has 108 valence electrons. The molecule has 1 heterocycles. The van der Waals surface area contributed by atoms with Crippen LogP contribution in [-0.2, 0) is 6.42 Å². The van der Waals surface area contributed by atoms with E-state index >= 15 is 0 Å². The number of carbonyl (C=O) groups is 1. The fourth-order valence-electron chi connectivity index (χ4n) is 3.02. The second-order valence-corrected chi connectivity index (χ2v) is 5.77. The summed E-state index contributed by atoms with van der Waals surface area (Å²) in [6, 6.07) is 3.74. The van der Waals surface area contributed by atoms with Crippen LogP contribution in [0.5, 0.6) is 0 Å². The number of Topliss-reactive ketones (excluding diaryl/α,β-unsaturated/α-hetero) is 1. The highest BCUT2D eigenvalue weighted by Crippen LogP contribution is 2.43. The molecule has 0 saturated heterocycles. The molecule has 1 fully saturated rings. The molecule has 0 radical (unpaired) electrons. The lowest BCUT2D eigenvalue weighted by atomic mass is 9.93. The van der Waals surface area contributed by atoms with Crippen molar-refractivity contribution in [1.82, 2.24) is 9.78 Å². The van der Waals surface area contributed by atoms with Crippen molar-refractivity contribution in [3.05, 3.63) is 46.8 Å².